The van der Waals surface area contributed by atoms with E-state index in [1.165, 1.54) is 5.56 Å². The summed E-state index contributed by atoms with van der Waals surface area (Å²) in [5, 5.41) is 1.00. The van der Waals surface area contributed by atoms with Crippen LogP contribution < -0.4 is 4.74 Å². The Hall–Kier alpha value is -0.830. The lowest BCUT2D eigenvalue weighted by atomic mass is 9.65. The fourth-order valence-corrected chi connectivity index (χ4v) is 4.14. The number of alkyl halides is 1. The topological polar surface area (TPSA) is 26.3 Å². The van der Waals surface area contributed by atoms with E-state index in [0.29, 0.717) is 5.78 Å². The minimum absolute atomic E-state index is 0.224. The van der Waals surface area contributed by atoms with Crippen LogP contribution in [0.4, 0.5) is 0 Å². The van der Waals surface area contributed by atoms with Gasteiger partial charge in [-0.3, -0.25) is 4.79 Å². The minimum atomic E-state index is 0.224. The van der Waals surface area contributed by atoms with Gasteiger partial charge in [-0.05, 0) is 62.1 Å². The molecule has 0 bridgehead atoms. The standard InChI is InChI=1S/C17H23BrO2/c1-13(19)14-7-9-17(10-8-14,11-12-18)15-3-5-16(20-2)6-4-15/h3-6,14H,7-12H2,1-2H3. The van der Waals surface area contributed by atoms with Crippen molar-refractivity contribution in [3.05, 3.63) is 29.8 Å². The molecule has 0 saturated heterocycles. The van der Waals surface area contributed by atoms with Crippen LogP contribution in [0.5, 0.6) is 5.75 Å². The summed E-state index contributed by atoms with van der Waals surface area (Å²) in [5.74, 6) is 1.53. The molecule has 0 heterocycles. The molecule has 110 valence electrons. The van der Waals surface area contributed by atoms with E-state index in [1.807, 2.05) is 12.1 Å². The van der Waals surface area contributed by atoms with E-state index in [-0.39, 0.29) is 11.3 Å². The van der Waals surface area contributed by atoms with Gasteiger partial charge in [-0.1, -0.05) is 28.1 Å². The molecule has 1 fully saturated rings. The molecule has 2 nitrogen and oxygen atoms in total. The van der Waals surface area contributed by atoms with E-state index in [4.69, 9.17) is 4.74 Å². The number of methoxy groups -OCH3 is 1. The molecule has 0 radical (unpaired) electrons. The van der Waals surface area contributed by atoms with Crippen LogP contribution in [0.3, 0.4) is 0 Å². The quantitative estimate of drug-likeness (QED) is 0.739. The van der Waals surface area contributed by atoms with E-state index in [9.17, 15) is 4.79 Å². The van der Waals surface area contributed by atoms with E-state index in [0.717, 1.165) is 43.2 Å². The normalized spacial score (nSPS) is 26.2. The molecule has 2 rings (SSSR count). The van der Waals surface area contributed by atoms with Crippen LogP contribution in [0.25, 0.3) is 0 Å². The molecule has 1 aliphatic carbocycles. The molecule has 0 unspecified atom stereocenters. The van der Waals surface area contributed by atoms with Gasteiger partial charge in [0.25, 0.3) is 0 Å². The summed E-state index contributed by atoms with van der Waals surface area (Å²) in [6.07, 6.45) is 5.39. The first-order valence-electron chi connectivity index (χ1n) is 7.32. The summed E-state index contributed by atoms with van der Waals surface area (Å²) in [6.45, 7) is 1.73. The number of carbonyl (C=O) groups excluding carboxylic acids is 1. The first-order valence-corrected chi connectivity index (χ1v) is 8.44. The highest BCUT2D eigenvalue weighted by Crippen LogP contribution is 2.45. The predicted molar refractivity (Wildman–Crippen MR) is 85.7 cm³/mol. The molecule has 0 atom stereocenters. The number of carbonyl (C=O) groups is 1. The second-order valence-corrected chi connectivity index (χ2v) is 6.63. The summed E-state index contributed by atoms with van der Waals surface area (Å²) in [4.78, 5) is 11.6. The number of rotatable bonds is 5. The predicted octanol–water partition coefficient (Wildman–Crippen LogP) is 4.50. The molecule has 0 aliphatic heterocycles. The minimum Gasteiger partial charge on any atom is -0.497 e. The molecule has 20 heavy (non-hydrogen) atoms. The third kappa shape index (κ3) is 3.25. The summed E-state index contributed by atoms with van der Waals surface area (Å²) in [5.41, 5.74) is 1.61. The SMILES string of the molecule is COc1ccc(C2(CCBr)CCC(C(C)=O)CC2)cc1. The molecule has 0 aromatic heterocycles. The van der Waals surface area contributed by atoms with Crippen LogP contribution in [0.1, 0.15) is 44.6 Å². The molecule has 0 N–H and O–H groups in total. The maximum atomic E-state index is 11.6. The number of ether oxygens (including phenoxy) is 1. The molecule has 0 spiro atoms. The third-order valence-corrected chi connectivity index (χ3v) is 5.19. The van der Waals surface area contributed by atoms with Crippen LogP contribution in [-0.2, 0) is 10.2 Å². The largest absolute Gasteiger partial charge is 0.497 e. The highest BCUT2D eigenvalue weighted by atomic mass is 79.9. The third-order valence-electron chi connectivity index (χ3n) is 4.79. The second kappa shape index (κ2) is 6.75. The van der Waals surface area contributed by atoms with Gasteiger partial charge in [-0.25, -0.2) is 0 Å². The van der Waals surface area contributed by atoms with Crippen LogP contribution in [-0.4, -0.2) is 18.2 Å². The fraction of sp³-hybridized carbons (Fsp3) is 0.588. The number of hydrogen-bond donors (Lipinski definition) is 0. The number of halogens is 1. The summed E-state index contributed by atoms with van der Waals surface area (Å²) < 4.78 is 5.24. The van der Waals surface area contributed by atoms with E-state index >= 15 is 0 Å². The van der Waals surface area contributed by atoms with Gasteiger partial charge < -0.3 is 4.74 Å². The van der Waals surface area contributed by atoms with Gasteiger partial charge in [0, 0.05) is 11.2 Å². The van der Waals surface area contributed by atoms with Crippen molar-refractivity contribution in [1.29, 1.82) is 0 Å². The lowest BCUT2D eigenvalue weighted by molar-refractivity contribution is -0.122. The first-order chi connectivity index (χ1) is 9.61. The zero-order valence-corrected chi connectivity index (χ0v) is 13.9. The Morgan fingerprint density at radius 3 is 2.35 bits per heavy atom. The number of ketones is 1. The van der Waals surface area contributed by atoms with Gasteiger partial charge in [-0.15, -0.1) is 0 Å². The molecular weight excluding hydrogens is 316 g/mol. The summed E-state index contributed by atoms with van der Waals surface area (Å²) in [7, 11) is 1.70. The second-order valence-electron chi connectivity index (χ2n) is 5.83. The van der Waals surface area contributed by atoms with Crippen LogP contribution >= 0.6 is 15.9 Å². The first kappa shape index (κ1) is 15.6. The van der Waals surface area contributed by atoms with Crippen molar-refractivity contribution >= 4 is 21.7 Å². The van der Waals surface area contributed by atoms with E-state index in [2.05, 4.69) is 28.1 Å². The Kier molecular flexibility index (Phi) is 5.25. The van der Waals surface area contributed by atoms with Gasteiger partial charge in [0.2, 0.25) is 0 Å². The van der Waals surface area contributed by atoms with Gasteiger partial charge in [0.05, 0.1) is 7.11 Å². The Morgan fingerprint density at radius 2 is 1.90 bits per heavy atom. The van der Waals surface area contributed by atoms with Crippen molar-refractivity contribution in [2.24, 2.45) is 5.92 Å². The molecule has 1 aromatic carbocycles. The molecule has 1 saturated carbocycles. The summed E-state index contributed by atoms with van der Waals surface area (Å²) >= 11 is 3.60. The smallest absolute Gasteiger partial charge is 0.132 e. The zero-order chi connectivity index (χ0) is 14.6. The summed E-state index contributed by atoms with van der Waals surface area (Å²) in [6, 6.07) is 8.47. The van der Waals surface area contributed by atoms with Crippen molar-refractivity contribution < 1.29 is 9.53 Å². The lowest BCUT2D eigenvalue weighted by Crippen LogP contribution is -2.34. The lowest BCUT2D eigenvalue weighted by Gasteiger charge is -2.40. The molecule has 0 amide bonds. The Morgan fingerprint density at radius 1 is 1.30 bits per heavy atom. The van der Waals surface area contributed by atoms with Crippen LogP contribution in [0.2, 0.25) is 0 Å². The fourth-order valence-electron chi connectivity index (χ4n) is 3.39. The van der Waals surface area contributed by atoms with Crippen molar-refractivity contribution in [2.75, 3.05) is 12.4 Å². The highest BCUT2D eigenvalue weighted by molar-refractivity contribution is 9.09. The molecule has 3 heteroatoms. The van der Waals surface area contributed by atoms with E-state index in [1.54, 1.807) is 14.0 Å². The highest BCUT2D eigenvalue weighted by Gasteiger charge is 2.37. The maximum absolute atomic E-state index is 11.6. The van der Waals surface area contributed by atoms with Gasteiger partial charge in [0.1, 0.15) is 11.5 Å². The Balaban J connectivity index is 2.19. The van der Waals surface area contributed by atoms with Crippen molar-refractivity contribution in [1.82, 2.24) is 0 Å². The van der Waals surface area contributed by atoms with E-state index < -0.39 is 0 Å². The average Bonchev–Trinajstić information content (AvgIpc) is 2.48. The van der Waals surface area contributed by atoms with Gasteiger partial charge in [-0.2, -0.15) is 0 Å². The van der Waals surface area contributed by atoms with Crippen LogP contribution in [0, 0.1) is 5.92 Å². The zero-order valence-electron chi connectivity index (χ0n) is 12.3. The molecule has 1 aromatic rings. The number of Topliss-reactive ketones (excluding diaryl/α,β-unsaturated/α-hetero) is 1. The van der Waals surface area contributed by atoms with Gasteiger partial charge >= 0.3 is 0 Å². The molecular formula is C17H23BrO2. The number of hydrogen-bond acceptors (Lipinski definition) is 2. The van der Waals surface area contributed by atoms with Gasteiger partial charge in [0.15, 0.2) is 0 Å². The maximum Gasteiger partial charge on any atom is 0.132 e. The van der Waals surface area contributed by atoms with Crippen molar-refractivity contribution in [3.8, 4) is 5.75 Å². The Labute approximate surface area is 130 Å². The van der Waals surface area contributed by atoms with Crippen LogP contribution in [0.15, 0.2) is 24.3 Å². The van der Waals surface area contributed by atoms with Crippen molar-refractivity contribution in [2.45, 2.75) is 44.4 Å². The molecule has 1 aliphatic rings. The Bertz CT molecular complexity index is 445. The average molecular weight is 339 g/mol. The number of benzene rings is 1. The monoisotopic (exact) mass is 338 g/mol. The van der Waals surface area contributed by atoms with Crippen molar-refractivity contribution in [3.63, 3.8) is 0 Å².